The van der Waals surface area contributed by atoms with E-state index in [1.54, 1.807) is 29.6 Å². The average molecular weight is 517 g/mol. The maximum atomic E-state index is 13.1. The smallest absolute Gasteiger partial charge is 0.257 e. The molecule has 0 spiro atoms. The maximum absolute atomic E-state index is 13.1. The molecular weight excluding hydrogens is 493 g/mol. The summed E-state index contributed by atoms with van der Waals surface area (Å²) in [7, 11) is 0.607. The molecule has 2 aromatic rings. The lowest BCUT2D eigenvalue weighted by atomic mass is 10.1. The van der Waals surface area contributed by atoms with Crippen LogP contribution in [-0.2, 0) is 15.7 Å². The highest BCUT2D eigenvalue weighted by Gasteiger charge is 2.24. The number of ether oxygens (including phenoxy) is 1. The monoisotopic (exact) mass is 515 g/mol. The summed E-state index contributed by atoms with van der Waals surface area (Å²) in [5.74, 6) is 0.185. The molecule has 0 bridgehead atoms. The quantitative estimate of drug-likeness (QED) is 0.579. The molecule has 32 heavy (non-hydrogen) atoms. The lowest BCUT2D eigenvalue weighted by Crippen LogP contribution is -2.36. The van der Waals surface area contributed by atoms with Crippen molar-refractivity contribution >= 4 is 68.8 Å². The summed E-state index contributed by atoms with van der Waals surface area (Å²) in [6.07, 6.45) is 2.96. The normalized spacial score (nSPS) is 19.4. The van der Waals surface area contributed by atoms with Gasteiger partial charge in [-0.25, -0.2) is 4.21 Å². The van der Waals surface area contributed by atoms with Gasteiger partial charge in [0.1, 0.15) is 11.0 Å². The third-order valence-corrected chi connectivity index (χ3v) is 8.30. The minimum atomic E-state index is -1.13. The summed E-state index contributed by atoms with van der Waals surface area (Å²) in [5, 5.41) is 3.80. The number of benzene rings is 2. The van der Waals surface area contributed by atoms with Crippen LogP contribution in [0.4, 0.5) is 17.1 Å². The van der Waals surface area contributed by atoms with Crippen LogP contribution in [0.1, 0.15) is 29.6 Å². The Kier molecular flexibility index (Phi) is 7.52. The predicted octanol–water partition coefficient (Wildman–Crippen LogP) is 5.39. The number of piperidine rings is 1. The predicted molar refractivity (Wildman–Crippen MR) is 133 cm³/mol. The van der Waals surface area contributed by atoms with E-state index in [9.17, 15) is 9.00 Å². The van der Waals surface area contributed by atoms with Crippen molar-refractivity contribution < 1.29 is 13.7 Å². The molecule has 4 rings (SSSR count). The molecule has 2 heterocycles. The van der Waals surface area contributed by atoms with Gasteiger partial charge < -0.3 is 15.0 Å². The first kappa shape index (κ1) is 23.6. The first-order chi connectivity index (χ1) is 15.4. The largest absolute Gasteiger partial charge is 0.381 e. The van der Waals surface area contributed by atoms with E-state index >= 15 is 0 Å². The fourth-order valence-electron chi connectivity index (χ4n) is 4.05. The molecule has 10 heteroatoms. The maximum Gasteiger partial charge on any atom is 0.257 e. The van der Waals surface area contributed by atoms with Gasteiger partial charge in [0.25, 0.3) is 5.91 Å². The fraction of sp³-hybridized carbons (Fsp3) is 0.409. The molecule has 0 radical (unpaired) electrons. The van der Waals surface area contributed by atoms with Crippen molar-refractivity contribution in [3.63, 3.8) is 0 Å². The highest BCUT2D eigenvalue weighted by Crippen LogP contribution is 2.34. The van der Waals surface area contributed by atoms with Gasteiger partial charge in [-0.3, -0.25) is 9.10 Å². The third-order valence-electron chi connectivity index (χ3n) is 5.75. The second kappa shape index (κ2) is 10.2. The topological polar surface area (TPSA) is 61.9 Å². The van der Waals surface area contributed by atoms with Crippen molar-refractivity contribution in [2.75, 3.05) is 47.0 Å². The summed E-state index contributed by atoms with van der Waals surface area (Å²) in [6.45, 7) is 2.34. The molecule has 0 saturated carbocycles. The fourth-order valence-corrected chi connectivity index (χ4v) is 5.96. The Morgan fingerprint density at radius 1 is 1.06 bits per heavy atom. The molecule has 1 amide bonds. The Bertz CT molecular complexity index is 1040. The molecule has 0 aliphatic carbocycles. The number of carbonyl (C=O) groups excluding carboxylic acids is 1. The Balaban J connectivity index is 1.56. The van der Waals surface area contributed by atoms with Crippen molar-refractivity contribution in [3.05, 3.63) is 51.0 Å². The zero-order valence-electron chi connectivity index (χ0n) is 17.6. The molecule has 1 N–H and O–H groups in total. The molecule has 2 aliphatic heterocycles. The van der Waals surface area contributed by atoms with Crippen LogP contribution in [0, 0.1) is 0 Å². The van der Waals surface area contributed by atoms with Crippen molar-refractivity contribution in [1.82, 2.24) is 0 Å². The van der Waals surface area contributed by atoms with Gasteiger partial charge in [-0.15, -0.1) is 0 Å². The van der Waals surface area contributed by atoms with E-state index in [1.807, 2.05) is 12.1 Å². The summed E-state index contributed by atoms with van der Waals surface area (Å²) in [5.41, 5.74) is 2.34. The molecule has 0 aromatic heterocycles. The van der Waals surface area contributed by atoms with Gasteiger partial charge in [0.15, 0.2) is 0 Å². The van der Waals surface area contributed by atoms with E-state index in [0.29, 0.717) is 28.7 Å². The zero-order chi connectivity index (χ0) is 22.8. The number of amides is 1. The first-order valence-electron chi connectivity index (χ1n) is 10.4. The number of hydrogen-bond acceptors (Lipinski definition) is 4. The highest BCUT2D eigenvalue weighted by atomic mass is 35.5. The lowest BCUT2D eigenvalue weighted by Gasteiger charge is -2.33. The number of anilines is 3. The van der Waals surface area contributed by atoms with E-state index in [2.05, 4.69) is 10.2 Å². The molecule has 1 unspecified atom stereocenters. The van der Waals surface area contributed by atoms with Crippen molar-refractivity contribution in [2.45, 2.75) is 25.4 Å². The van der Waals surface area contributed by atoms with Crippen molar-refractivity contribution in [3.8, 4) is 0 Å². The molecule has 2 fully saturated rings. The highest BCUT2D eigenvalue weighted by molar-refractivity contribution is 7.86. The molecule has 2 aliphatic rings. The van der Waals surface area contributed by atoms with Crippen molar-refractivity contribution in [1.29, 1.82) is 0 Å². The number of methoxy groups -OCH3 is 1. The lowest BCUT2D eigenvalue weighted by molar-refractivity contribution is 0.0819. The summed E-state index contributed by atoms with van der Waals surface area (Å²) >= 11 is 19.0. The molecule has 6 nitrogen and oxygen atoms in total. The van der Waals surface area contributed by atoms with Crippen molar-refractivity contribution in [2.24, 2.45) is 0 Å². The van der Waals surface area contributed by atoms with Crippen LogP contribution in [0.15, 0.2) is 30.3 Å². The van der Waals surface area contributed by atoms with Gasteiger partial charge in [-0.1, -0.05) is 34.8 Å². The van der Waals surface area contributed by atoms with Gasteiger partial charge in [-0.05, 0) is 49.6 Å². The van der Waals surface area contributed by atoms with Crippen LogP contribution in [0.5, 0.6) is 0 Å². The second-order valence-electron chi connectivity index (χ2n) is 7.84. The summed E-state index contributed by atoms with van der Waals surface area (Å²) in [4.78, 5) is 15.3. The number of nitrogens with one attached hydrogen (secondary N) is 1. The number of hydrogen-bond donors (Lipinski definition) is 1. The number of nitrogens with zero attached hydrogens (tertiary/aromatic N) is 2. The minimum Gasteiger partial charge on any atom is -0.381 e. The van der Waals surface area contributed by atoms with E-state index < -0.39 is 16.9 Å². The molecular formula is C22H24Cl3N3O3S. The van der Waals surface area contributed by atoms with Gasteiger partial charge in [0.2, 0.25) is 0 Å². The Labute approximate surface area is 205 Å². The van der Waals surface area contributed by atoms with Crippen LogP contribution in [0.3, 0.4) is 0 Å². The van der Waals surface area contributed by atoms with Crippen LogP contribution >= 0.6 is 34.8 Å². The SMILES string of the molecule is COC1CCN(c2cc(Cl)cc(NC(=O)c3cc(N4CCCS4=O)cc(Cl)c3Cl)c2)CC1. The molecule has 2 saturated heterocycles. The van der Waals surface area contributed by atoms with Gasteiger partial charge >= 0.3 is 0 Å². The van der Waals surface area contributed by atoms with Crippen LogP contribution in [-0.4, -0.2) is 48.7 Å². The first-order valence-corrected chi connectivity index (χ1v) is 12.8. The molecule has 2 aromatic carbocycles. The number of halogens is 3. The third kappa shape index (κ3) is 5.18. The van der Waals surface area contributed by atoms with Gasteiger partial charge in [0.05, 0.1) is 27.4 Å². The average Bonchev–Trinajstić information content (AvgIpc) is 3.21. The van der Waals surface area contributed by atoms with E-state index in [4.69, 9.17) is 39.5 Å². The Morgan fingerprint density at radius 2 is 1.81 bits per heavy atom. The van der Waals surface area contributed by atoms with Crippen LogP contribution in [0.25, 0.3) is 0 Å². The number of rotatable bonds is 5. The second-order valence-corrected chi connectivity index (χ2v) is 10.6. The zero-order valence-corrected chi connectivity index (χ0v) is 20.7. The van der Waals surface area contributed by atoms with Gasteiger partial charge in [-0.2, -0.15) is 0 Å². The van der Waals surface area contributed by atoms with Gasteiger partial charge in [0, 0.05) is 48.9 Å². The van der Waals surface area contributed by atoms with Crippen LogP contribution < -0.4 is 14.5 Å². The van der Waals surface area contributed by atoms with E-state index in [-0.39, 0.29) is 21.7 Å². The summed E-state index contributed by atoms with van der Waals surface area (Å²) < 4.78 is 19.4. The van der Waals surface area contributed by atoms with E-state index in [1.165, 1.54) is 0 Å². The Hall–Kier alpha value is -1.51. The number of carbonyl (C=O) groups is 1. The molecule has 172 valence electrons. The van der Waals surface area contributed by atoms with Crippen LogP contribution in [0.2, 0.25) is 15.1 Å². The standard InChI is InChI=1S/C22H24Cl3N3O3S/c1-31-18-3-6-27(7-4-18)16-10-14(23)9-15(11-16)26-22(29)19-12-17(13-20(24)21(19)25)28-5-2-8-32(28)30/h9-13,18H,2-8H2,1H3,(H,26,29). The minimum absolute atomic E-state index is 0.154. The Morgan fingerprint density at radius 3 is 2.47 bits per heavy atom. The van der Waals surface area contributed by atoms with E-state index in [0.717, 1.165) is 38.0 Å². The summed E-state index contributed by atoms with van der Waals surface area (Å²) in [6, 6.07) is 8.75. The molecule has 1 atom stereocenters.